The molecule has 0 saturated carbocycles. The molecule has 7 heteroatoms. The quantitative estimate of drug-likeness (QED) is 0.449. The maximum Gasteiger partial charge on any atom is 0.194 e. The number of likely N-dealkylation sites (tertiary alicyclic amines) is 2. The Labute approximate surface area is 160 Å². The molecule has 1 atom stereocenters. The average molecular weight is 380 g/mol. The summed E-state index contributed by atoms with van der Waals surface area (Å²) in [5.41, 5.74) is 0. The van der Waals surface area contributed by atoms with Crippen molar-refractivity contribution in [1.82, 2.24) is 15.1 Å². The van der Waals surface area contributed by atoms with E-state index >= 15 is 0 Å². The molecule has 5 nitrogen and oxygen atoms in total. The molecule has 0 aromatic heterocycles. The van der Waals surface area contributed by atoms with Gasteiger partial charge in [-0.05, 0) is 57.3 Å². The van der Waals surface area contributed by atoms with E-state index in [1.807, 2.05) is 0 Å². The molecule has 1 unspecified atom stereocenters. The molecule has 2 aliphatic rings. The lowest BCUT2D eigenvalue weighted by atomic mass is 10.1. The molecule has 0 spiro atoms. The molecule has 0 aliphatic carbocycles. The number of hydrogen-bond acceptors (Lipinski definition) is 3. The number of aliphatic imine (C=N–C) groups is 1. The minimum Gasteiger partial charge on any atom is -0.492 e. The van der Waals surface area contributed by atoms with Crippen LogP contribution >= 0.6 is 0 Å². The van der Waals surface area contributed by atoms with Crippen LogP contribution in [0.5, 0.6) is 5.75 Å². The Morgan fingerprint density at radius 1 is 1.22 bits per heavy atom. The van der Waals surface area contributed by atoms with E-state index in [9.17, 15) is 8.78 Å². The van der Waals surface area contributed by atoms with Gasteiger partial charge in [0.05, 0.1) is 6.54 Å². The molecule has 0 radical (unpaired) electrons. The van der Waals surface area contributed by atoms with Gasteiger partial charge >= 0.3 is 0 Å². The third kappa shape index (κ3) is 5.79. The van der Waals surface area contributed by atoms with Gasteiger partial charge in [-0.2, -0.15) is 0 Å². The lowest BCUT2D eigenvalue weighted by molar-refractivity contribution is 0.281. The van der Waals surface area contributed by atoms with E-state index in [1.165, 1.54) is 45.0 Å². The Balaban J connectivity index is 1.46. The van der Waals surface area contributed by atoms with Crippen LogP contribution in [0, 0.1) is 17.6 Å². The zero-order valence-corrected chi connectivity index (χ0v) is 16.1. The lowest BCUT2D eigenvalue weighted by Gasteiger charge is -2.23. The minimum absolute atomic E-state index is 0.320. The van der Waals surface area contributed by atoms with Crippen molar-refractivity contribution in [2.24, 2.45) is 10.9 Å². The van der Waals surface area contributed by atoms with Crippen LogP contribution in [0.25, 0.3) is 0 Å². The van der Waals surface area contributed by atoms with E-state index in [2.05, 4.69) is 27.0 Å². The Hall–Kier alpha value is -1.89. The van der Waals surface area contributed by atoms with Gasteiger partial charge in [-0.15, -0.1) is 0 Å². The van der Waals surface area contributed by atoms with E-state index < -0.39 is 11.6 Å². The monoisotopic (exact) mass is 380 g/mol. The van der Waals surface area contributed by atoms with E-state index in [0.717, 1.165) is 37.7 Å². The fourth-order valence-electron chi connectivity index (χ4n) is 3.81. The van der Waals surface area contributed by atoms with Gasteiger partial charge in [-0.1, -0.05) is 0 Å². The summed E-state index contributed by atoms with van der Waals surface area (Å²) < 4.78 is 31.6. The van der Waals surface area contributed by atoms with Crippen LogP contribution in [-0.4, -0.2) is 68.2 Å². The number of nitrogens with zero attached hydrogens (tertiary/aromatic N) is 3. The molecule has 2 heterocycles. The summed E-state index contributed by atoms with van der Waals surface area (Å²) in [6.07, 6.45) is 3.86. The van der Waals surface area contributed by atoms with Crippen molar-refractivity contribution >= 4 is 5.96 Å². The molecule has 150 valence electrons. The van der Waals surface area contributed by atoms with Gasteiger partial charge in [-0.25, -0.2) is 13.8 Å². The summed E-state index contributed by atoms with van der Waals surface area (Å²) in [5, 5.41) is 3.35. The summed E-state index contributed by atoms with van der Waals surface area (Å²) in [5.74, 6) is 0.166. The van der Waals surface area contributed by atoms with Gasteiger partial charge in [0.15, 0.2) is 17.6 Å². The third-order valence-corrected chi connectivity index (χ3v) is 5.15. The second-order valence-electron chi connectivity index (χ2n) is 7.27. The normalized spacial score (nSPS) is 21.1. The van der Waals surface area contributed by atoms with Crippen LogP contribution in [0.2, 0.25) is 0 Å². The molecule has 2 aliphatic heterocycles. The van der Waals surface area contributed by atoms with Gasteiger partial charge in [-0.3, -0.25) is 0 Å². The number of nitrogens with one attached hydrogen (secondary N) is 1. The van der Waals surface area contributed by atoms with Crippen LogP contribution in [0.3, 0.4) is 0 Å². The Morgan fingerprint density at radius 3 is 2.78 bits per heavy atom. The molecule has 2 fully saturated rings. The zero-order chi connectivity index (χ0) is 19.1. The lowest BCUT2D eigenvalue weighted by Crippen LogP contribution is -2.41. The first-order chi connectivity index (χ1) is 13.2. The second kappa shape index (κ2) is 9.88. The average Bonchev–Trinajstić information content (AvgIpc) is 3.33. The second-order valence-corrected chi connectivity index (χ2v) is 7.27. The molecular weight excluding hydrogens is 350 g/mol. The van der Waals surface area contributed by atoms with Gasteiger partial charge < -0.3 is 19.9 Å². The number of benzene rings is 1. The van der Waals surface area contributed by atoms with Crippen molar-refractivity contribution in [3.63, 3.8) is 0 Å². The van der Waals surface area contributed by atoms with Crippen LogP contribution in [0.1, 0.15) is 26.2 Å². The molecule has 1 N–H and O–H groups in total. The Kier molecular flexibility index (Phi) is 7.26. The number of halogens is 2. The highest BCUT2D eigenvalue weighted by Crippen LogP contribution is 2.20. The Morgan fingerprint density at radius 2 is 2.04 bits per heavy atom. The number of hydrogen-bond donors (Lipinski definition) is 1. The van der Waals surface area contributed by atoms with Crippen LogP contribution < -0.4 is 10.1 Å². The summed E-state index contributed by atoms with van der Waals surface area (Å²) in [6, 6.07) is 3.56. The summed E-state index contributed by atoms with van der Waals surface area (Å²) >= 11 is 0. The fraction of sp³-hybridized carbons (Fsp3) is 0.650. The maximum atomic E-state index is 13.2. The number of ether oxygens (including phenoxy) is 1. The summed E-state index contributed by atoms with van der Waals surface area (Å²) in [4.78, 5) is 9.54. The topological polar surface area (TPSA) is 40.1 Å². The van der Waals surface area contributed by atoms with Crippen molar-refractivity contribution in [2.75, 3.05) is 52.4 Å². The van der Waals surface area contributed by atoms with Gasteiger partial charge in [0, 0.05) is 32.2 Å². The zero-order valence-electron chi connectivity index (χ0n) is 16.1. The largest absolute Gasteiger partial charge is 0.492 e. The van der Waals surface area contributed by atoms with Crippen molar-refractivity contribution in [2.45, 2.75) is 26.2 Å². The minimum atomic E-state index is -0.898. The molecular formula is C20H30F2N4O. The van der Waals surface area contributed by atoms with Crippen LogP contribution in [-0.2, 0) is 0 Å². The molecule has 1 aromatic rings. The van der Waals surface area contributed by atoms with Gasteiger partial charge in [0.2, 0.25) is 0 Å². The van der Waals surface area contributed by atoms with E-state index in [-0.39, 0.29) is 0 Å². The highest BCUT2D eigenvalue weighted by molar-refractivity contribution is 5.80. The van der Waals surface area contributed by atoms with Crippen LogP contribution in [0.15, 0.2) is 23.2 Å². The Bertz CT molecular complexity index is 634. The third-order valence-electron chi connectivity index (χ3n) is 5.15. The maximum absolute atomic E-state index is 13.2. The predicted octanol–water partition coefficient (Wildman–Crippen LogP) is 2.73. The van der Waals surface area contributed by atoms with E-state index in [1.54, 1.807) is 0 Å². The SMILES string of the molecule is CCNC(=NCCOc1ccc(F)c(F)c1)N1CCC(CN2CCCC2)C1. The van der Waals surface area contributed by atoms with Gasteiger partial charge in [0.1, 0.15) is 12.4 Å². The predicted molar refractivity (Wildman–Crippen MR) is 103 cm³/mol. The first kappa shape index (κ1) is 19.9. The first-order valence-electron chi connectivity index (χ1n) is 9.99. The standard InChI is InChI=1S/C20H30F2N4O/c1-2-23-20(24-8-12-27-17-5-6-18(21)19(22)13-17)26-11-7-16(15-26)14-25-9-3-4-10-25/h5-6,13,16H,2-4,7-12,14-15H2,1H3,(H,23,24). The molecule has 2 saturated heterocycles. The number of rotatable bonds is 7. The van der Waals surface area contributed by atoms with Gasteiger partial charge in [0.25, 0.3) is 0 Å². The molecule has 27 heavy (non-hydrogen) atoms. The summed E-state index contributed by atoms with van der Waals surface area (Å²) in [7, 11) is 0. The highest BCUT2D eigenvalue weighted by atomic mass is 19.2. The molecule has 1 aromatic carbocycles. The number of guanidine groups is 1. The van der Waals surface area contributed by atoms with E-state index in [4.69, 9.17) is 4.74 Å². The smallest absolute Gasteiger partial charge is 0.194 e. The highest BCUT2D eigenvalue weighted by Gasteiger charge is 2.27. The summed E-state index contributed by atoms with van der Waals surface area (Å²) in [6.45, 7) is 9.40. The molecule has 0 bridgehead atoms. The van der Waals surface area contributed by atoms with Crippen molar-refractivity contribution in [3.8, 4) is 5.75 Å². The fourth-order valence-corrected chi connectivity index (χ4v) is 3.81. The van der Waals surface area contributed by atoms with E-state index in [0.29, 0.717) is 24.8 Å². The first-order valence-corrected chi connectivity index (χ1v) is 9.99. The molecule has 3 rings (SSSR count). The molecule has 0 amide bonds. The van der Waals surface area contributed by atoms with Crippen molar-refractivity contribution in [1.29, 1.82) is 0 Å². The van der Waals surface area contributed by atoms with Crippen molar-refractivity contribution < 1.29 is 13.5 Å². The van der Waals surface area contributed by atoms with Crippen molar-refractivity contribution in [3.05, 3.63) is 29.8 Å². The van der Waals surface area contributed by atoms with Crippen LogP contribution in [0.4, 0.5) is 8.78 Å².